The lowest BCUT2D eigenvalue weighted by Gasteiger charge is -2.20. The molecule has 0 saturated heterocycles. The number of rotatable bonds is 3. The number of nitrogens with zero attached hydrogens (tertiary/aromatic N) is 5. The zero-order chi connectivity index (χ0) is 23.2. The van der Waals surface area contributed by atoms with Gasteiger partial charge in [0.05, 0.1) is 11.6 Å². The van der Waals surface area contributed by atoms with Gasteiger partial charge in [-0.1, -0.05) is 38.4 Å². The lowest BCUT2D eigenvalue weighted by atomic mass is 9.94. The van der Waals surface area contributed by atoms with Gasteiger partial charge in [0.25, 0.3) is 11.7 Å². The first kappa shape index (κ1) is 21.2. The molecule has 0 radical (unpaired) electrons. The van der Waals surface area contributed by atoms with Crippen molar-refractivity contribution in [1.82, 2.24) is 30.1 Å². The van der Waals surface area contributed by atoms with Crippen LogP contribution in [0, 0.1) is 5.82 Å². The molecular formula is C24H25FN6O2. The minimum Gasteiger partial charge on any atom is -0.342 e. The second-order valence-electron chi connectivity index (χ2n) is 9.39. The second kappa shape index (κ2) is 8.06. The molecule has 0 aliphatic heterocycles. The van der Waals surface area contributed by atoms with Gasteiger partial charge in [-0.05, 0) is 48.6 Å². The predicted molar refractivity (Wildman–Crippen MR) is 119 cm³/mol. The number of amides is 1. The number of halogens is 1. The Morgan fingerprint density at radius 2 is 2.09 bits per heavy atom. The Balaban J connectivity index is 1.48. The molecule has 0 spiro atoms. The summed E-state index contributed by atoms with van der Waals surface area (Å²) in [4.78, 5) is 21.4. The number of hydrogen-bond donors (Lipinski definition) is 1. The van der Waals surface area contributed by atoms with Gasteiger partial charge >= 0.3 is 0 Å². The van der Waals surface area contributed by atoms with Crippen molar-refractivity contribution in [2.24, 2.45) is 0 Å². The Hall–Kier alpha value is -3.62. The van der Waals surface area contributed by atoms with E-state index in [0.29, 0.717) is 35.6 Å². The van der Waals surface area contributed by atoms with E-state index in [2.05, 4.69) is 25.5 Å². The molecule has 33 heavy (non-hydrogen) atoms. The largest absolute Gasteiger partial charge is 0.342 e. The fourth-order valence-corrected chi connectivity index (χ4v) is 4.27. The van der Waals surface area contributed by atoms with E-state index in [1.54, 1.807) is 16.8 Å². The molecule has 4 aromatic rings. The molecule has 1 N–H and O–H groups in total. The summed E-state index contributed by atoms with van der Waals surface area (Å²) in [6.45, 7) is 5.80. The standard InChI is InChI=1S/C24H25FN6O2/c1-24(2,3)23-29-21(30-33-23)22(32)28-17-8-5-4-7-15-14(17)10-11-16(19(15)25)20-18-9-6-12-31(18)27-13-26-20/h6,9-13,17H,4-5,7-8H2,1-3H3,(H,28,32). The number of carbonyl (C=O) groups excluding carboxylic acids is 1. The van der Waals surface area contributed by atoms with E-state index >= 15 is 4.39 Å². The minimum atomic E-state index is -0.428. The van der Waals surface area contributed by atoms with E-state index < -0.39 is 5.91 Å². The summed E-state index contributed by atoms with van der Waals surface area (Å²) >= 11 is 0. The summed E-state index contributed by atoms with van der Waals surface area (Å²) in [5.74, 6) is -0.349. The van der Waals surface area contributed by atoms with Crippen molar-refractivity contribution in [3.63, 3.8) is 0 Å². The number of carbonyl (C=O) groups is 1. The fraction of sp³-hybridized carbons (Fsp3) is 0.375. The Morgan fingerprint density at radius 1 is 1.24 bits per heavy atom. The fourth-order valence-electron chi connectivity index (χ4n) is 4.27. The van der Waals surface area contributed by atoms with E-state index in [9.17, 15) is 4.79 Å². The molecule has 0 fully saturated rings. The molecule has 1 aliphatic carbocycles. The van der Waals surface area contributed by atoms with Crippen LogP contribution in [0.4, 0.5) is 4.39 Å². The number of aromatic nitrogens is 5. The maximum absolute atomic E-state index is 15.8. The van der Waals surface area contributed by atoms with Gasteiger partial charge in [-0.15, -0.1) is 0 Å². The van der Waals surface area contributed by atoms with Crippen LogP contribution in [0.2, 0.25) is 0 Å². The average molecular weight is 449 g/mol. The monoisotopic (exact) mass is 448 g/mol. The van der Waals surface area contributed by atoms with E-state index in [-0.39, 0.29) is 23.1 Å². The highest BCUT2D eigenvalue weighted by molar-refractivity contribution is 5.90. The number of fused-ring (bicyclic) bond motifs is 2. The molecule has 5 rings (SSSR count). The number of hydrogen-bond acceptors (Lipinski definition) is 6. The van der Waals surface area contributed by atoms with Crippen LogP contribution >= 0.6 is 0 Å². The minimum absolute atomic E-state index is 0.0144. The van der Waals surface area contributed by atoms with Crippen molar-refractivity contribution in [3.8, 4) is 11.3 Å². The summed E-state index contributed by atoms with van der Waals surface area (Å²) in [6.07, 6.45) is 6.23. The lowest BCUT2D eigenvalue weighted by molar-refractivity contribution is 0.0921. The molecule has 1 atom stereocenters. The molecule has 1 amide bonds. The SMILES string of the molecule is CC(C)(C)c1nc(C(=O)NC2CCCCc3c2ccc(-c2ncnn4cccc24)c3F)no1. The van der Waals surface area contributed by atoms with Gasteiger partial charge in [-0.25, -0.2) is 13.9 Å². The van der Waals surface area contributed by atoms with Crippen LogP contribution in [0.3, 0.4) is 0 Å². The van der Waals surface area contributed by atoms with Crippen LogP contribution in [0.5, 0.6) is 0 Å². The molecule has 1 unspecified atom stereocenters. The molecule has 3 heterocycles. The number of benzene rings is 1. The molecule has 8 nitrogen and oxygen atoms in total. The lowest BCUT2D eigenvalue weighted by Crippen LogP contribution is -2.30. The third kappa shape index (κ3) is 3.88. The molecule has 0 saturated carbocycles. The van der Waals surface area contributed by atoms with Gasteiger partial charge in [0, 0.05) is 17.2 Å². The van der Waals surface area contributed by atoms with Gasteiger partial charge in [-0.2, -0.15) is 10.1 Å². The van der Waals surface area contributed by atoms with Crippen LogP contribution in [-0.4, -0.2) is 30.6 Å². The van der Waals surface area contributed by atoms with Crippen LogP contribution in [0.25, 0.3) is 16.8 Å². The molecule has 170 valence electrons. The van der Waals surface area contributed by atoms with Crippen molar-refractivity contribution < 1.29 is 13.7 Å². The summed E-state index contributed by atoms with van der Waals surface area (Å²) in [5, 5.41) is 11.0. The molecule has 9 heteroatoms. The highest BCUT2D eigenvalue weighted by Gasteiger charge is 2.28. The highest BCUT2D eigenvalue weighted by Crippen LogP contribution is 2.35. The van der Waals surface area contributed by atoms with E-state index in [4.69, 9.17) is 4.52 Å². The summed E-state index contributed by atoms with van der Waals surface area (Å²) in [7, 11) is 0. The van der Waals surface area contributed by atoms with E-state index in [1.807, 2.05) is 39.0 Å². The van der Waals surface area contributed by atoms with Crippen molar-refractivity contribution in [2.75, 3.05) is 0 Å². The van der Waals surface area contributed by atoms with Crippen molar-refractivity contribution in [2.45, 2.75) is 57.9 Å². The van der Waals surface area contributed by atoms with Gasteiger partial charge in [0.1, 0.15) is 17.8 Å². The number of nitrogens with one attached hydrogen (secondary N) is 1. The summed E-state index contributed by atoms with van der Waals surface area (Å²) < 4.78 is 22.7. The van der Waals surface area contributed by atoms with Gasteiger partial charge in [0.15, 0.2) is 0 Å². The molecule has 1 aliphatic rings. The van der Waals surface area contributed by atoms with E-state index in [1.165, 1.54) is 6.33 Å². The third-order valence-corrected chi connectivity index (χ3v) is 5.99. The Kier molecular flexibility index (Phi) is 5.19. The van der Waals surface area contributed by atoms with Gasteiger partial charge in [0.2, 0.25) is 5.89 Å². The van der Waals surface area contributed by atoms with Crippen LogP contribution in [0.1, 0.15) is 73.7 Å². The Bertz CT molecular complexity index is 1340. The van der Waals surface area contributed by atoms with Crippen molar-refractivity contribution >= 4 is 11.4 Å². The summed E-state index contributed by atoms with van der Waals surface area (Å²) in [5.41, 5.74) is 2.75. The third-order valence-electron chi connectivity index (χ3n) is 5.99. The zero-order valence-electron chi connectivity index (χ0n) is 18.8. The van der Waals surface area contributed by atoms with Crippen LogP contribution in [-0.2, 0) is 11.8 Å². The molecule has 1 aromatic carbocycles. The predicted octanol–water partition coefficient (Wildman–Crippen LogP) is 4.41. The highest BCUT2D eigenvalue weighted by atomic mass is 19.1. The quantitative estimate of drug-likeness (QED) is 0.466. The normalized spacial score (nSPS) is 16.4. The molecular weight excluding hydrogens is 423 g/mol. The van der Waals surface area contributed by atoms with Crippen LogP contribution < -0.4 is 5.32 Å². The first-order valence-electron chi connectivity index (χ1n) is 11.1. The summed E-state index contributed by atoms with van der Waals surface area (Å²) in [6, 6.07) is 7.00. The van der Waals surface area contributed by atoms with E-state index in [0.717, 1.165) is 23.9 Å². The topological polar surface area (TPSA) is 98.2 Å². The zero-order valence-corrected chi connectivity index (χ0v) is 18.8. The Labute approximate surface area is 190 Å². The maximum Gasteiger partial charge on any atom is 0.293 e. The van der Waals surface area contributed by atoms with Crippen LogP contribution in [0.15, 0.2) is 41.3 Å². The first-order valence-corrected chi connectivity index (χ1v) is 11.1. The smallest absolute Gasteiger partial charge is 0.293 e. The first-order chi connectivity index (χ1) is 15.8. The van der Waals surface area contributed by atoms with Crippen molar-refractivity contribution in [1.29, 1.82) is 0 Å². The Morgan fingerprint density at radius 3 is 2.88 bits per heavy atom. The average Bonchev–Trinajstić information content (AvgIpc) is 3.42. The maximum atomic E-state index is 15.8. The second-order valence-corrected chi connectivity index (χ2v) is 9.39. The molecule has 0 bridgehead atoms. The van der Waals surface area contributed by atoms with Gasteiger partial charge < -0.3 is 9.84 Å². The van der Waals surface area contributed by atoms with Gasteiger partial charge in [-0.3, -0.25) is 4.79 Å². The van der Waals surface area contributed by atoms with Crippen molar-refractivity contribution in [3.05, 3.63) is 65.4 Å². The molecule has 3 aromatic heterocycles.